The maximum atomic E-state index is 12.7. The van der Waals surface area contributed by atoms with Crippen LogP contribution in [0.5, 0.6) is 0 Å². The molecule has 152 valence electrons. The Morgan fingerprint density at radius 1 is 1.38 bits per heavy atom. The second-order valence-corrected chi connectivity index (χ2v) is 10.5. The number of fused-ring (bicyclic) bond motifs is 1. The maximum absolute atomic E-state index is 12.7. The minimum atomic E-state index is -0.748. The van der Waals surface area contributed by atoms with Crippen molar-refractivity contribution in [3.8, 4) is 0 Å². The number of β-lactam (4-membered cyclic amide) rings is 1. The molecule has 4 rings (SSSR count). The molecule has 2 aromatic rings. The highest BCUT2D eigenvalue weighted by atomic mass is 35.5. The molecule has 0 spiro atoms. The Morgan fingerprint density at radius 3 is 2.72 bits per heavy atom. The number of hydrogen-bond acceptors (Lipinski definition) is 10. The van der Waals surface area contributed by atoms with Gasteiger partial charge in [0.1, 0.15) is 31.5 Å². The molecular formula is C15H13ClN6O3S4. The predicted octanol–water partition coefficient (Wildman–Crippen LogP) is 1.35. The zero-order valence-electron chi connectivity index (χ0n) is 14.7. The molecule has 3 N–H and O–H groups in total. The number of nitrogens with two attached hydrogens (primary N) is 1. The average molecular weight is 489 g/mol. The molecule has 2 aromatic heterocycles. The number of nitrogen functional groups attached to an aromatic ring is 1. The largest absolute Gasteiger partial charge is 0.375 e. The quantitative estimate of drug-likeness (QED) is 0.424. The second kappa shape index (κ2) is 7.87. The minimum absolute atomic E-state index is 0.0861. The highest BCUT2D eigenvalue weighted by molar-refractivity contribution is 8.00. The number of hydrogen-bond donors (Lipinski definition) is 3. The van der Waals surface area contributed by atoms with Gasteiger partial charge in [-0.3, -0.25) is 19.3 Å². The molecule has 0 aliphatic carbocycles. The Hall–Kier alpha value is -1.67. The summed E-state index contributed by atoms with van der Waals surface area (Å²) >= 11 is 13.8. The van der Waals surface area contributed by atoms with E-state index in [9.17, 15) is 14.4 Å². The fraction of sp³-hybridized carbons (Fsp3) is 0.333. The van der Waals surface area contributed by atoms with Crippen molar-refractivity contribution in [3.63, 3.8) is 0 Å². The fourth-order valence-corrected chi connectivity index (χ4v) is 6.37. The van der Waals surface area contributed by atoms with Crippen LogP contribution in [0.3, 0.4) is 0 Å². The van der Waals surface area contributed by atoms with Gasteiger partial charge in [0.15, 0.2) is 5.13 Å². The first-order valence-electron chi connectivity index (χ1n) is 8.18. The third-order valence-electron chi connectivity index (χ3n) is 4.27. The number of rotatable bonds is 5. The highest BCUT2D eigenvalue weighted by Crippen LogP contribution is 2.44. The van der Waals surface area contributed by atoms with Crippen LogP contribution in [-0.4, -0.2) is 54.2 Å². The van der Waals surface area contributed by atoms with Gasteiger partial charge in [0.25, 0.3) is 5.91 Å². The van der Waals surface area contributed by atoms with Crippen molar-refractivity contribution >= 4 is 86.3 Å². The van der Waals surface area contributed by atoms with Gasteiger partial charge in [0.2, 0.25) is 11.0 Å². The van der Waals surface area contributed by atoms with Crippen LogP contribution in [-0.2, 0) is 20.8 Å². The number of carbonyl (C=O) groups excluding carboxylic acids is 3. The lowest BCUT2D eigenvalue weighted by molar-refractivity contribution is -0.146. The van der Waals surface area contributed by atoms with Gasteiger partial charge in [-0.05, 0) is 6.92 Å². The molecule has 14 heteroatoms. The summed E-state index contributed by atoms with van der Waals surface area (Å²) in [5, 5.41) is 11.4. The van der Waals surface area contributed by atoms with E-state index in [0.717, 1.165) is 16.3 Å². The van der Waals surface area contributed by atoms with E-state index in [1.54, 1.807) is 0 Å². The molecule has 2 amide bonds. The number of halogens is 1. The Kier molecular flexibility index (Phi) is 5.59. The first-order chi connectivity index (χ1) is 13.8. The van der Waals surface area contributed by atoms with Crippen molar-refractivity contribution in [3.05, 3.63) is 25.7 Å². The van der Waals surface area contributed by atoms with E-state index in [1.807, 2.05) is 6.92 Å². The van der Waals surface area contributed by atoms with Crippen LogP contribution in [0.1, 0.15) is 15.7 Å². The molecule has 0 radical (unpaired) electrons. The standard InChI is InChI=1S/C15H13ClN6O3S4/c1-4-20-21-11(28-4)5-3-27-13-8(12(24)22(13)9(5)14(25)26)19-7(23)2-6-10(16)29-15(17)18-6/h8,13H,2-3H2,1H3,(H2,17,18)(H,19,23)(H,25,26)/t8-,13-/m1/s1. The van der Waals surface area contributed by atoms with E-state index in [2.05, 4.69) is 33.1 Å². The number of carbonyl (C=O) groups is 3. The number of nitrogens with one attached hydrogen (secondary N) is 1. The van der Waals surface area contributed by atoms with Crippen molar-refractivity contribution in [1.82, 2.24) is 25.4 Å². The van der Waals surface area contributed by atoms with Gasteiger partial charge in [-0.15, -0.1) is 22.0 Å². The topological polar surface area (TPSA) is 131 Å². The SMILES string of the molecule is Cc1nnc(C2=C(C(=O)S)N3C(=O)[C@@H](NC(=O)Cc4nc(N)sc4Cl)[C@H]3SC2)s1. The van der Waals surface area contributed by atoms with Crippen LogP contribution >= 0.6 is 58.7 Å². The highest BCUT2D eigenvalue weighted by Gasteiger charge is 2.54. The maximum Gasteiger partial charge on any atom is 0.253 e. The van der Waals surface area contributed by atoms with E-state index < -0.39 is 22.4 Å². The zero-order valence-corrected chi connectivity index (χ0v) is 18.8. The van der Waals surface area contributed by atoms with Gasteiger partial charge in [-0.25, -0.2) is 4.98 Å². The van der Waals surface area contributed by atoms with Gasteiger partial charge in [-0.2, -0.15) is 0 Å². The van der Waals surface area contributed by atoms with Crippen LogP contribution in [0.25, 0.3) is 5.57 Å². The third kappa shape index (κ3) is 3.77. The van der Waals surface area contributed by atoms with E-state index >= 15 is 0 Å². The van der Waals surface area contributed by atoms with Crippen LogP contribution in [0.2, 0.25) is 4.34 Å². The summed E-state index contributed by atoms with van der Waals surface area (Å²) in [6.45, 7) is 1.81. The second-order valence-electron chi connectivity index (χ2n) is 6.16. The van der Waals surface area contributed by atoms with Crippen LogP contribution in [0.15, 0.2) is 5.70 Å². The number of amides is 2. The lowest BCUT2D eigenvalue weighted by atomic mass is 10.0. The van der Waals surface area contributed by atoms with Crippen molar-refractivity contribution in [2.75, 3.05) is 11.5 Å². The third-order valence-corrected chi connectivity index (χ3v) is 7.82. The molecule has 2 aliphatic heterocycles. The van der Waals surface area contributed by atoms with Gasteiger partial charge in [-0.1, -0.05) is 46.9 Å². The Balaban J connectivity index is 1.52. The molecule has 0 aromatic carbocycles. The predicted molar refractivity (Wildman–Crippen MR) is 116 cm³/mol. The smallest absolute Gasteiger partial charge is 0.253 e. The lowest BCUT2D eigenvalue weighted by Gasteiger charge is -2.49. The molecule has 9 nitrogen and oxygen atoms in total. The van der Waals surface area contributed by atoms with Crippen LogP contribution in [0, 0.1) is 6.92 Å². The first-order valence-corrected chi connectivity index (χ1v) is 11.7. The van der Waals surface area contributed by atoms with Gasteiger partial charge >= 0.3 is 0 Å². The van der Waals surface area contributed by atoms with Gasteiger partial charge < -0.3 is 11.1 Å². The normalized spacial score (nSPS) is 21.1. The van der Waals surface area contributed by atoms with E-state index in [4.69, 9.17) is 17.3 Å². The Morgan fingerprint density at radius 2 is 2.14 bits per heavy atom. The van der Waals surface area contributed by atoms with Crippen LogP contribution < -0.4 is 11.1 Å². The van der Waals surface area contributed by atoms with Crippen molar-refractivity contribution < 1.29 is 14.4 Å². The van der Waals surface area contributed by atoms with E-state index in [1.165, 1.54) is 28.0 Å². The summed E-state index contributed by atoms with van der Waals surface area (Å²) in [4.78, 5) is 42.7. The summed E-state index contributed by atoms with van der Waals surface area (Å²) in [6.07, 6.45) is -0.0861. The zero-order chi connectivity index (χ0) is 20.9. The van der Waals surface area contributed by atoms with Gasteiger partial charge in [0, 0.05) is 11.3 Å². The van der Waals surface area contributed by atoms with Gasteiger partial charge in [0.05, 0.1) is 12.1 Å². The monoisotopic (exact) mass is 488 g/mol. The summed E-state index contributed by atoms with van der Waals surface area (Å²) in [6, 6.07) is -0.748. The number of anilines is 1. The average Bonchev–Trinajstić information content (AvgIpc) is 3.23. The number of aromatic nitrogens is 3. The minimum Gasteiger partial charge on any atom is -0.375 e. The number of thioether (sulfide) groups is 1. The van der Waals surface area contributed by atoms with Crippen molar-refractivity contribution in [1.29, 1.82) is 0 Å². The Labute approximate surface area is 187 Å². The fourth-order valence-electron chi connectivity index (χ4n) is 3.04. The number of thiol groups is 1. The molecule has 1 saturated heterocycles. The van der Waals surface area contributed by atoms with Crippen LogP contribution in [0.4, 0.5) is 5.13 Å². The molecule has 4 heterocycles. The Bertz CT molecular complexity index is 1070. The van der Waals surface area contributed by atoms with E-state index in [0.29, 0.717) is 26.4 Å². The molecule has 2 aliphatic rings. The first kappa shape index (κ1) is 20.6. The lowest BCUT2D eigenvalue weighted by Crippen LogP contribution is -2.70. The number of aryl methyl sites for hydroxylation is 1. The summed E-state index contributed by atoms with van der Waals surface area (Å²) in [7, 11) is 0. The summed E-state index contributed by atoms with van der Waals surface area (Å²) in [5.41, 5.74) is 6.77. The van der Waals surface area contributed by atoms with E-state index in [-0.39, 0.29) is 23.2 Å². The molecular weight excluding hydrogens is 476 g/mol. The molecule has 29 heavy (non-hydrogen) atoms. The summed E-state index contributed by atoms with van der Waals surface area (Å²) < 4.78 is 0.342. The summed E-state index contributed by atoms with van der Waals surface area (Å²) in [5.74, 6) is -0.328. The molecule has 0 bridgehead atoms. The molecule has 1 fully saturated rings. The van der Waals surface area contributed by atoms with Crippen molar-refractivity contribution in [2.24, 2.45) is 0 Å². The molecule has 0 unspecified atom stereocenters. The van der Waals surface area contributed by atoms with Crippen molar-refractivity contribution in [2.45, 2.75) is 24.8 Å². The molecule has 2 atom stereocenters. The number of nitrogens with zero attached hydrogens (tertiary/aromatic N) is 4. The molecule has 0 saturated carbocycles. The number of thiazole rings is 1.